The second-order valence-electron chi connectivity index (χ2n) is 10.9. The summed E-state index contributed by atoms with van der Waals surface area (Å²) in [6.07, 6.45) is 0. The van der Waals surface area contributed by atoms with Crippen molar-refractivity contribution in [1.29, 1.82) is 0 Å². The fraction of sp³-hybridized carbons (Fsp3) is 0.179. The molecule has 5 aromatic carbocycles. The zero-order chi connectivity index (χ0) is 32.0. The van der Waals surface area contributed by atoms with Crippen molar-refractivity contribution in [2.24, 2.45) is 0 Å². The summed E-state index contributed by atoms with van der Waals surface area (Å²) < 4.78 is 18.3. The van der Waals surface area contributed by atoms with Gasteiger partial charge in [0.05, 0.1) is 6.54 Å². The van der Waals surface area contributed by atoms with Crippen LogP contribution in [0.4, 0.5) is 5.69 Å². The predicted octanol–water partition coefficient (Wildman–Crippen LogP) is 7.57. The second-order valence-corrected chi connectivity index (χ2v) is 10.9. The van der Waals surface area contributed by atoms with Crippen LogP contribution in [-0.4, -0.2) is 36.3 Å². The number of amides is 1. The zero-order valence-electron chi connectivity index (χ0n) is 25.9. The van der Waals surface area contributed by atoms with Crippen molar-refractivity contribution in [3.05, 3.63) is 156 Å². The summed E-state index contributed by atoms with van der Waals surface area (Å²) in [5.74, 6) is 1.63. The molecule has 0 atom stereocenters. The van der Waals surface area contributed by atoms with Crippen molar-refractivity contribution in [1.82, 2.24) is 4.90 Å². The van der Waals surface area contributed by atoms with Crippen molar-refractivity contribution in [3.8, 4) is 17.2 Å². The summed E-state index contributed by atoms with van der Waals surface area (Å²) in [5.41, 5.74) is 4.42. The molecular weight excluding hydrogens is 576 g/mol. The molecule has 0 aromatic heterocycles. The Morgan fingerprint density at radius 2 is 1.20 bits per heavy atom. The lowest BCUT2D eigenvalue weighted by Crippen LogP contribution is -2.33. The molecule has 5 rings (SSSR count). The van der Waals surface area contributed by atoms with Crippen LogP contribution in [-0.2, 0) is 24.6 Å². The van der Waals surface area contributed by atoms with E-state index in [4.69, 9.17) is 14.2 Å². The number of rotatable bonds is 16. The van der Waals surface area contributed by atoms with Gasteiger partial charge in [0.15, 0.2) is 17.3 Å². The summed E-state index contributed by atoms with van der Waals surface area (Å²) in [5, 5.41) is 2.75. The van der Waals surface area contributed by atoms with E-state index in [2.05, 4.69) is 10.2 Å². The van der Waals surface area contributed by atoms with Gasteiger partial charge in [-0.3, -0.25) is 14.5 Å². The van der Waals surface area contributed by atoms with Crippen LogP contribution in [0.2, 0.25) is 0 Å². The third-order valence-electron chi connectivity index (χ3n) is 7.21. The van der Waals surface area contributed by atoms with E-state index in [1.54, 1.807) is 24.3 Å². The van der Waals surface area contributed by atoms with Crippen LogP contribution in [0.15, 0.2) is 133 Å². The van der Waals surface area contributed by atoms with E-state index in [0.717, 1.165) is 16.7 Å². The maximum absolute atomic E-state index is 13.7. The van der Waals surface area contributed by atoms with E-state index in [0.29, 0.717) is 61.4 Å². The third kappa shape index (κ3) is 10.1. The Balaban J connectivity index is 1.28. The van der Waals surface area contributed by atoms with Gasteiger partial charge in [-0.2, -0.15) is 0 Å². The topological polar surface area (TPSA) is 77.1 Å². The van der Waals surface area contributed by atoms with Gasteiger partial charge in [0.1, 0.15) is 25.6 Å². The summed E-state index contributed by atoms with van der Waals surface area (Å²) in [4.78, 5) is 27.1. The molecule has 0 aliphatic carbocycles. The van der Waals surface area contributed by atoms with E-state index in [-0.39, 0.29) is 18.2 Å². The van der Waals surface area contributed by atoms with Crippen molar-refractivity contribution >= 4 is 17.4 Å². The van der Waals surface area contributed by atoms with Crippen LogP contribution < -0.4 is 19.5 Å². The van der Waals surface area contributed by atoms with Crippen LogP contribution in [0.1, 0.15) is 34.0 Å². The minimum atomic E-state index is -0.126. The highest BCUT2D eigenvalue weighted by Crippen LogP contribution is 2.30. The fourth-order valence-electron chi connectivity index (χ4n) is 4.86. The number of carbonyl (C=O) groups is 2. The average Bonchev–Trinajstić information content (AvgIpc) is 3.08. The number of benzene rings is 5. The molecule has 0 spiro atoms. The van der Waals surface area contributed by atoms with Gasteiger partial charge in [-0.25, -0.2) is 0 Å². The molecule has 1 N–H and O–H groups in total. The van der Waals surface area contributed by atoms with Crippen molar-refractivity contribution in [2.45, 2.75) is 26.7 Å². The number of anilines is 1. The lowest BCUT2D eigenvalue weighted by Gasteiger charge is -2.22. The van der Waals surface area contributed by atoms with E-state index in [9.17, 15) is 9.59 Å². The summed E-state index contributed by atoms with van der Waals surface area (Å²) in [6.45, 7) is 3.91. The number of nitrogens with zero attached hydrogens (tertiary/aromatic N) is 1. The second kappa shape index (κ2) is 16.6. The van der Waals surface area contributed by atoms with Gasteiger partial charge >= 0.3 is 0 Å². The molecule has 0 heterocycles. The monoisotopic (exact) mass is 614 g/mol. The van der Waals surface area contributed by atoms with Crippen LogP contribution in [0.25, 0.3) is 0 Å². The predicted molar refractivity (Wildman–Crippen MR) is 180 cm³/mol. The Morgan fingerprint density at radius 3 is 1.78 bits per heavy atom. The van der Waals surface area contributed by atoms with Gasteiger partial charge < -0.3 is 19.5 Å². The summed E-state index contributed by atoms with van der Waals surface area (Å²) in [7, 11) is 0. The molecule has 0 aliphatic rings. The Labute approximate surface area is 270 Å². The van der Waals surface area contributed by atoms with Crippen molar-refractivity contribution in [2.75, 3.05) is 25.0 Å². The molecular formula is C39H38N2O5. The molecule has 7 heteroatoms. The minimum Gasteiger partial charge on any atom is -0.492 e. The van der Waals surface area contributed by atoms with Crippen LogP contribution >= 0.6 is 0 Å². The van der Waals surface area contributed by atoms with Gasteiger partial charge in [0.2, 0.25) is 5.91 Å². The third-order valence-corrected chi connectivity index (χ3v) is 7.21. The molecule has 0 fully saturated rings. The number of hydrogen-bond donors (Lipinski definition) is 1. The van der Waals surface area contributed by atoms with Gasteiger partial charge in [-0.05, 0) is 59.2 Å². The largest absolute Gasteiger partial charge is 0.492 e. The first-order valence-electron chi connectivity index (χ1n) is 15.3. The highest BCUT2D eigenvalue weighted by Gasteiger charge is 2.17. The normalized spacial score (nSPS) is 10.7. The van der Waals surface area contributed by atoms with Gasteiger partial charge in [-0.1, -0.05) is 91.0 Å². The minimum absolute atomic E-state index is 0.0326. The number of nitrogens with one attached hydrogen (secondary N) is 1. The lowest BCUT2D eigenvalue weighted by atomic mass is 10.1. The smallest absolute Gasteiger partial charge is 0.221 e. The number of carbonyl (C=O) groups excluding carboxylic acids is 2. The molecule has 46 heavy (non-hydrogen) atoms. The maximum atomic E-state index is 13.7. The van der Waals surface area contributed by atoms with E-state index in [1.807, 2.05) is 109 Å². The Hall–Kier alpha value is -5.40. The highest BCUT2D eigenvalue weighted by atomic mass is 16.5. The Bertz CT molecular complexity index is 1680. The highest BCUT2D eigenvalue weighted by molar-refractivity contribution is 5.98. The van der Waals surface area contributed by atoms with Crippen molar-refractivity contribution < 1.29 is 23.8 Å². The van der Waals surface area contributed by atoms with Crippen LogP contribution in [0, 0.1) is 0 Å². The van der Waals surface area contributed by atoms with Crippen LogP contribution in [0.5, 0.6) is 17.2 Å². The Morgan fingerprint density at radius 1 is 0.630 bits per heavy atom. The molecule has 5 aromatic rings. The molecule has 1 amide bonds. The molecule has 0 aliphatic heterocycles. The number of ether oxygens (including phenoxy) is 3. The van der Waals surface area contributed by atoms with E-state index >= 15 is 0 Å². The zero-order valence-corrected chi connectivity index (χ0v) is 25.9. The van der Waals surface area contributed by atoms with Gasteiger partial charge in [0, 0.05) is 31.3 Å². The summed E-state index contributed by atoms with van der Waals surface area (Å²) >= 11 is 0. The van der Waals surface area contributed by atoms with E-state index < -0.39 is 0 Å². The molecule has 234 valence electrons. The van der Waals surface area contributed by atoms with Crippen molar-refractivity contribution in [3.63, 3.8) is 0 Å². The molecule has 0 bridgehead atoms. The van der Waals surface area contributed by atoms with Gasteiger partial charge in [0.25, 0.3) is 0 Å². The first kappa shape index (κ1) is 32.0. The molecule has 7 nitrogen and oxygen atoms in total. The quantitative estimate of drug-likeness (QED) is 0.116. The molecule has 0 saturated carbocycles. The maximum Gasteiger partial charge on any atom is 0.221 e. The lowest BCUT2D eigenvalue weighted by molar-refractivity contribution is -0.114. The average molecular weight is 615 g/mol. The summed E-state index contributed by atoms with van der Waals surface area (Å²) in [6, 6.07) is 42.5. The Kier molecular flexibility index (Phi) is 11.6. The molecule has 0 saturated heterocycles. The molecule has 0 unspecified atom stereocenters. The number of Topliss-reactive ketones (excluding diaryl/α,β-unsaturated/α-hetero) is 1. The number of ketones is 1. The van der Waals surface area contributed by atoms with E-state index in [1.165, 1.54) is 6.92 Å². The first-order chi connectivity index (χ1) is 22.5. The number of hydrogen-bond acceptors (Lipinski definition) is 6. The van der Waals surface area contributed by atoms with Gasteiger partial charge in [-0.15, -0.1) is 0 Å². The fourth-order valence-corrected chi connectivity index (χ4v) is 4.86. The van der Waals surface area contributed by atoms with Crippen LogP contribution in [0.3, 0.4) is 0 Å². The SMILES string of the molecule is CC(=O)Nc1ccc(OCCN(CC(=O)c2ccc(OCc3ccccc3)c(OCc3ccccc3)c2)Cc2ccccc2)cc1. The first-order valence-corrected chi connectivity index (χ1v) is 15.3. The molecule has 0 radical (unpaired) electrons. The standard InChI is InChI=1S/C39H38N2O5/c1-30(42)40-35-18-20-36(21-19-35)44-24-23-41(26-31-11-5-2-6-12-31)27-37(43)34-17-22-38(45-28-32-13-7-3-8-14-32)39(25-34)46-29-33-15-9-4-10-16-33/h2-22,25H,23-24,26-29H2,1H3,(H,40,42).